The summed E-state index contributed by atoms with van der Waals surface area (Å²) in [6.45, 7) is 6.53. The fraction of sp³-hybridized carbons (Fsp3) is 0.478. The quantitative estimate of drug-likeness (QED) is 0.577. The third-order valence-corrected chi connectivity index (χ3v) is 5.38. The van der Waals surface area contributed by atoms with Crippen molar-refractivity contribution in [3.63, 3.8) is 0 Å². The van der Waals surface area contributed by atoms with Crippen LogP contribution in [0.15, 0.2) is 18.3 Å². The lowest BCUT2D eigenvalue weighted by Crippen LogP contribution is -2.42. The smallest absolute Gasteiger partial charge is 0.330 e. The van der Waals surface area contributed by atoms with Crippen molar-refractivity contribution in [2.75, 3.05) is 38.4 Å². The molecule has 10 nitrogen and oxygen atoms in total. The number of hydrogen-bond acceptors (Lipinski definition) is 10. The number of ether oxygens (including phenoxy) is 2. The van der Waals surface area contributed by atoms with Crippen molar-refractivity contribution in [1.82, 2.24) is 15.0 Å². The van der Waals surface area contributed by atoms with Gasteiger partial charge in [-0.1, -0.05) is 0 Å². The number of carbonyl (C=O) groups excluding carboxylic acids is 2. The Kier molecular flexibility index (Phi) is 7.55. The van der Waals surface area contributed by atoms with Crippen LogP contribution in [0, 0.1) is 11.2 Å². The van der Waals surface area contributed by atoms with Crippen LogP contribution in [0.2, 0.25) is 0 Å². The third-order valence-electron chi connectivity index (χ3n) is 5.38. The lowest BCUT2D eigenvalue weighted by atomic mass is 9.98. The highest BCUT2D eigenvalue weighted by Crippen LogP contribution is 2.31. The molecular weight excluding hydrogens is 445 g/mol. The Hall–Kier alpha value is -3.47. The minimum Gasteiger partial charge on any atom is -0.497 e. The van der Waals surface area contributed by atoms with Gasteiger partial charge in [-0.2, -0.15) is 4.98 Å². The van der Waals surface area contributed by atoms with E-state index >= 15 is 0 Å². The number of aromatic nitrogens is 2. The highest BCUT2D eigenvalue weighted by molar-refractivity contribution is 6.13. The molecule has 184 valence electrons. The normalized spacial score (nSPS) is 15.0. The van der Waals surface area contributed by atoms with Crippen molar-refractivity contribution in [3.8, 4) is 11.5 Å². The summed E-state index contributed by atoms with van der Waals surface area (Å²) < 4.78 is 24.8. The first kappa shape index (κ1) is 25.2. The Balaban J connectivity index is 1.66. The van der Waals surface area contributed by atoms with Gasteiger partial charge in [-0.05, 0) is 33.6 Å². The lowest BCUT2D eigenvalue weighted by Gasteiger charge is -2.32. The summed E-state index contributed by atoms with van der Waals surface area (Å²) in [7, 11) is 2.71. The summed E-state index contributed by atoms with van der Waals surface area (Å²) in [6, 6.07) is 2.53. The van der Waals surface area contributed by atoms with Crippen molar-refractivity contribution in [2.45, 2.75) is 39.7 Å². The molecule has 34 heavy (non-hydrogen) atoms. The third kappa shape index (κ3) is 5.71. The monoisotopic (exact) mass is 475 g/mol. The number of hydroxylamine groups is 2. The molecule has 2 heterocycles. The minimum atomic E-state index is -0.804. The van der Waals surface area contributed by atoms with Gasteiger partial charge < -0.3 is 25.4 Å². The number of hydrogen-bond donors (Lipinski definition) is 2. The molecule has 0 bridgehead atoms. The van der Waals surface area contributed by atoms with E-state index in [0.717, 1.165) is 6.07 Å². The van der Waals surface area contributed by atoms with E-state index in [0.29, 0.717) is 25.9 Å². The molecule has 0 spiro atoms. The van der Waals surface area contributed by atoms with E-state index in [4.69, 9.17) is 20.0 Å². The predicted molar refractivity (Wildman–Crippen MR) is 123 cm³/mol. The molecule has 1 aromatic heterocycles. The maximum absolute atomic E-state index is 14.6. The zero-order valence-electron chi connectivity index (χ0n) is 20.0. The van der Waals surface area contributed by atoms with Crippen LogP contribution < -0.4 is 20.5 Å². The van der Waals surface area contributed by atoms with E-state index in [9.17, 15) is 14.0 Å². The van der Waals surface area contributed by atoms with Gasteiger partial charge in [-0.25, -0.2) is 14.2 Å². The number of carbonyl (C=O) groups is 2. The maximum Gasteiger partial charge on any atom is 0.330 e. The molecular formula is C23H30FN5O5. The molecule has 0 amide bonds. The number of halogens is 1. The molecule has 0 unspecified atom stereocenters. The lowest BCUT2D eigenvalue weighted by molar-refractivity contribution is -0.204. The molecule has 3 N–H and O–H groups in total. The molecule has 0 saturated carbocycles. The first-order valence-corrected chi connectivity index (χ1v) is 10.9. The Labute approximate surface area is 197 Å². The first-order chi connectivity index (χ1) is 16.0. The second-order valence-electron chi connectivity index (χ2n) is 8.98. The molecule has 0 radical (unpaired) electrons. The molecule has 3 rings (SSSR count). The van der Waals surface area contributed by atoms with Crippen LogP contribution in [0.25, 0.3) is 0 Å². The van der Waals surface area contributed by atoms with Crippen LogP contribution in [0.1, 0.15) is 49.5 Å². The van der Waals surface area contributed by atoms with Gasteiger partial charge in [0.05, 0.1) is 25.2 Å². The molecule has 1 saturated heterocycles. The fourth-order valence-electron chi connectivity index (χ4n) is 3.36. The molecule has 0 aliphatic carbocycles. The summed E-state index contributed by atoms with van der Waals surface area (Å²) >= 11 is 0. The SMILES string of the molecule is COc1cc(F)c(C(=O)c2cnc(NC3CCN(OC(=O)C(C)(C)C)CC3)nc2N)c(OC)c1. The van der Waals surface area contributed by atoms with Crippen LogP contribution in [0.5, 0.6) is 11.5 Å². The van der Waals surface area contributed by atoms with E-state index in [1.165, 1.54) is 26.5 Å². The van der Waals surface area contributed by atoms with Gasteiger partial charge in [0.25, 0.3) is 0 Å². The maximum atomic E-state index is 14.6. The van der Waals surface area contributed by atoms with Crippen molar-refractivity contribution in [2.24, 2.45) is 5.41 Å². The van der Waals surface area contributed by atoms with Crippen LogP contribution in [-0.4, -0.2) is 60.1 Å². The number of nitrogen functional groups attached to an aromatic ring is 1. The summed E-state index contributed by atoms with van der Waals surface area (Å²) in [5.41, 5.74) is 5.12. The molecule has 1 aromatic carbocycles. The van der Waals surface area contributed by atoms with Gasteiger partial charge in [0.2, 0.25) is 11.7 Å². The van der Waals surface area contributed by atoms with Crippen molar-refractivity contribution in [1.29, 1.82) is 0 Å². The highest BCUT2D eigenvalue weighted by Gasteiger charge is 2.29. The van der Waals surface area contributed by atoms with Crippen molar-refractivity contribution >= 4 is 23.5 Å². The standard InChI is InChI=1S/C23H30FN5O5/c1-23(2,3)21(31)34-29-8-6-13(7-9-29)27-22-26-12-15(20(25)28-22)19(30)18-16(24)10-14(32-4)11-17(18)33-5/h10-13H,6-9H2,1-5H3,(H3,25,26,27,28). The average molecular weight is 476 g/mol. The number of nitrogens with zero attached hydrogens (tertiary/aromatic N) is 3. The van der Waals surface area contributed by atoms with Gasteiger partial charge in [0, 0.05) is 37.5 Å². The summed E-state index contributed by atoms with van der Waals surface area (Å²) in [5.74, 6) is -1.38. The van der Waals surface area contributed by atoms with E-state index in [1.54, 1.807) is 25.8 Å². The Morgan fingerprint density at radius 1 is 1.18 bits per heavy atom. The number of anilines is 2. The molecule has 2 aromatic rings. The minimum absolute atomic E-state index is 0.0161. The number of nitrogens with one attached hydrogen (secondary N) is 1. The second kappa shape index (κ2) is 10.2. The van der Waals surface area contributed by atoms with Gasteiger partial charge in [-0.3, -0.25) is 4.79 Å². The van der Waals surface area contributed by atoms with E-state index in [-0.39, 0.29) is 46.4 Å². The van der Waals surface area contributed by atoms with Crippen LogP contribution in [0.3, 0.4) is 0 Å². The number of methoxy groups -OCH3 is 2. The van der Waals surface area contributed by atoms with Crippen LogP contribution in [0.4, 0.5) is 16.2 Å². The number of piperidine rings is 1. The van der Waals surface area contributed by atoms with Crippen LogP contribution in [-0.2, 0) is 9.63 Å². The van der Waals surface area contributed by atoms with Crippen molar-refractivity contribution < 1.29 is 28.3 Å². The van der Waals surface area contributed by atoms with Crippen LogP contribution >= 0.6 is 0 Å². The Morgan fingerprint density at radius 3 is 2.41 bits per heavy atom. The summed E-state index contributed by atoms with van der Waals surface area (Å²) in [5, 5.41) is 4.84. The number of rotatable bonds is 7. The highest BCUT2D eigenvalue weighted by atomic mass is 19.1. The Morgan fingerprint density at radius 2 is 1.85 bits per heavy atom. The number of ketones is 1. The molecule has 1 aliphatic heterocycles. The van der Waals surface area contributed by atoms with Gasteiger partial charge in [0.15, 0.2) is 0 Å². The van der Waals surface area contributed by atoms with Gasteiger partial charge in [-0.15, -0.1) is 5.06 Å². The zero-order valence-corrected chi connectivity index (χ0v) is 20.0. The average Bonchev–Trinajstić information content (AvgIpc) is 2.78. The summed E-state index contributed by atoms with van der Waals surface area (Å²) in [6.07, 6.45) is 2.64. The van der Waals surface area contributed by atoms with E-state index in [1.807, 2.05) is 0 Å². The van der Waals surface area contributed by atoms with E-state index in [2.05, 4.69) is 15.3 Å². The predicted octanol–water partition coefficient (Wildman–Crippen LogP) is 2.83. The topological polar surface area (TPSA) is 129 Å². The van der Waals surface area contributed by atoms with Crippen molar-refractivity contribution in [3.05, 3.63) is 35.3 Å². The molecule has 11 heteroatoms. The second-order valence-corrected chi connectivity index (χ2v) is 8.98. The summed E-state index contributed by atoms with van der Waals surface area (Å²) in [4.78, 5) is 38.8. The Bertz CT molecular complexity index is 1060. The molecule has 0 atom stereocenters. The van der Waals surface area contributed by atoms with E-state index < -0.39 is 17.0 Å². The fourth-order valence-corrected chi connectivity index (χ4v) is 3.36. The van der Waals surface area contributed by atoms with Gasteiger partial charge >= 0.3 is 5.97 Å². The molecule has 1 aliphatic rings. The van der Waals surface area contributed by atoms with Gasteiger partial charge in [0.1, 0.15) is 28.7 Å². The first-order valence-electron chi connectivity index (χ1n) is 10.9. The molecule has 1 fully saturated rings. The number of benzene rings is 1. The largest absolute Gasteiger partial charge is 0.497 e. The number of nitrogens with two attached hydrogens (primary N) is 1. The zero-order chi connectivity index (χ0) is 25.0.